The van der Waals surface area contributed by atoms with Crippen molar-refractivity contribution < 1.29 is 19.0 Å². The van der Waals surface area contributed by atoms with E-state index in [0.29, 0.717) is 36.8 Å². The van der Waals surface area contributed by atoms with Crippen molar-refractivity contribution >= 4 is 18.3 Å². The summed E-state index contributed by atoms with van der Waals surface area (Å²) in [5.74, 6) is 1.67. The van der Waals surface area contributed by atoms with Crippen LogP contribution in [0.15, 0.2) is 12.1 Å². The van der Waals surface area contributed by atoms with E-state index < -0.39 is 0 Å². The Hall–Kier alpha value is -1.66. The zero-order chi connectivity index (χ0) is 15.0. The first-order chi connectivity index (χ1) is 9.67. The molecular weight excluding hydrogens is 296 g/mol. The van der Waals surface area contributed by atoms with E-state index in [-0.39, 0.29) is 18.3 Å². The standard InChI is InChI=1S/C14H22N2O4.ClH/c1-15-8-7-12(17)16-9-10-5-6-11(18-2)14(20-4)13(10)19-3;/h5-6,15H,7-9H2,1-4H3,(H,16,17);1H. The second-order valence-electron chi connectivity index (χ2n) is 4.12. The van der Waals surface area contributed by atoms with E-state index in [1.54, 1.807) is 27.4 Å². The Kier molecular flexibility index (Phi) is 9.32. The van der Waals surface area contributed by atoms with Crippen LogP contribution in [-0.2, 0) is 11.3 Å². The van der Waals surface area contributed by atoms with E-state index >= 15 is 0 Å². The molecule has 0 heterocycles. The lowest BCUT2D eigenvalue weighted by atomic mass is 10.1. The third-order valence-corrected chi connectivity index (χ3v) is 2.86. The van der Waals surface area contributed by atoms with E-state index in [2.05, 4.69) is 10.6 Å². The Morgan fingerprint density at radius 2 is 1.76 bits per heavy atom. The fourth-order valence-electron chi connectivity index (χ4n) is 1.82. The molecule has 7 heteroatoms. The van der Waals surface area contributed by atoms with Gasteiger partial charge in [-0.1, -0.05) is 0 Å². The SMILES string of the molecule is CNCCC(=O)NCc1ccc(OC)c(OC)c1OC.Cl. The first-order valence-electron chi connectivity index (χ1n) is 6.37. The van der Waals surface area contributed by atoms with Gasteiger partial charge in [0.2, 0.25) is 11.7 Å². The van der Waals surface area contributed by atoms with Crippen LogP contribution in [-0.4, -0.2) is 40.8 Å². The molecule has 0 aliphatic rings. The van der Waals surface area contributed by atoms with Crippen molar-refractivity contribution in [1.82, 2.24) is 10.6 Å². The summed E-state index contributed by atoms with van der Waals surface area (Å²) in [5.41, 5.74) is 0.836. The molecule has 0 bridgehead atoms. The summed E-state index contributed by atoms with van der Waals surface area (Å²) >= 11 is 0. The van der Waals surface area contributed by atoms with Gasteiger partial charge in [-0.25, -0.2) is 0 Å². The third-order valence-electron chi connectivity index (χ3n) is 2.86. The Labute approximate surface area is 131 Å². The Balaban J connectivity index is 0.00000400. The average molecular weight is 319 g/mol. The number of rotatable bonds is 8. The molecule has 1 rings (SSSR count). The normalized spacial score (nSPS) is 9.52. The van der Waals surface area contributed by atoms with E-state index in [9.17, 15) is 4.79 Å². The molecule has 0 aliphatic carbocycles. The number of amides is 1. The Morgan fingerprint density at radius 3 is 2.29 bits per heavy atom. The second-order valence-corrected chi connectivity index (χ2v) is 4.12. The summed E-state index contributed by atoms with van der Waals surface area (Å²) in [6, 6.07) is 3.63. The van der Waals surface area contributed by atoms with Crippen LogP contribution < -0.4 is 24.8 Å². The smallest absolute Gasteiger partial charge is 0.221 e. The van der Waals surface area contributed by atoms with Crippen LogP contribution in [0.2, 0.25) is 0 Å². The van der Waals surface area contributed by atoms with Crippen LogP contribution in [0, 0.1) is 0 Å². The lowest BCUT2D eigenvalue weighted by molar-refractivity contribution is -0.121. The number of carbonyl (C=O) groups excluding carboxylic acids is 1. The van der Waals surface area contributed by atoms with E-state index in [4.69, 9.17) is 14.2 Å². The molecule has 0 aliphatic heterocycles. The van der Waals surface area contributed by atoms with Gasteiger partial charge in [-0.3, -0.25) is 4.79 Å². The first-order valence-corrected chi connectivity index (χ1v) is 6.37. The highest BCUT2D eigenvalue weighted by molar-refractivity contribution is 5.85. The Morgan fingerprint density at radius 1 is 1.10 bits per heavy atom. The van der Waals surface area contributed by atoms with Gasteiger partial charge in [0, 0.05) is 25.1 Å². The molecule has 2 N–H and O–H groups in total. The van der Waals surface area contributed by atoms with Crippen molar-refractivity contribution in [2.24, 2.45) is 0 Å². The molecule has 0 atom stereocenters. The summed E-state index contributed by atoms with van der Waals surface area (Å²) in [6.07, 6.45) is 0.437. The monoisotopic (exact) mass is 318 g/mol. The van der Waals surface area contributed by atoms with Crippen molar-refractivity contribution in [2.75, 3.05) is 34.9 Å². The largest absolute Gasteiger partial charge is 0.493 e. The van der Waals surface area contributed by atoms with Gasteiger partial charge in [-0.2, -0.15) is 0 Å². The fourth-order valence-corrected chi connectivity index (χ4v) is 1.82. The molecule has 0 saturated carbocycles. The zero-order valence-corrected chi connectivity index (χ0v) is 13.6. The van der Waals surface area contributed by atoms with Crippen LogP contribution >= 0.6 is 12.4 Å². The molecule has 0 fully saturated rings. The van der Waals surface area contributed by atoms with Gasteiger partial charge in [0.25, 0.3) is 0 Å². The minimum Gasteiger partial charge on any atom is -0.493 e. The number of hydrogen-bond acceptors (Lipinski definition) is 5. The number of halogens is 1. The number of benzene rings is 1. The van der Waals surface area contributed by atoms with Gasteiger partial charge in [0.05, 0.1) is 21.3 Å². The summed E-state index contributed by atoms with van der Waals surface area (Å²) in [4.78, 5) is 11.6. The molecule has 0 spiro atoms. The Bertz CT molecular complexity index is 455. The maximum atomic E-state index is 11.6. The number of hydrogen-bond donors (Lipinski definition) is 2. The minimum atomic E-state index is -0.0174. The van der Waals surface area contributed by atoms with Crippen molar-refractivity contribution in [3.8, 4) is 17.2 Å². The van der Waals surface area contributed by atoms with Crippen LogP contribution in [0.5, 0.6) is 17.2 Å². The van der Waals surface area contributed by atoms with Crippen LogP contribution in [0.25, 0.3) is 0 Å². The van der Waals surface area contributed by atoms with E-state index in [1.165, 1.54) is 0 Å². The van der Waals surface area contributed by atoms with Gasteiger partial charge in [-0.05, 0) is 19.2 Å². The van der Waals surface area contributed by atoms with E-state index in [0.717, 1.165) is 5.56 Å². The molecule has 0 aromatic heterocycles. The molecule has 120 valence electrons. The topological polar surface area (TPSA) is 68.8 Å². The summed E-state index contributed by atoms with van der Waals surface area (Å²) in [7, 11) is 6.49. The molecule has 0 radical (unpaired) electrons. The molecule has 1 amide bonds. The highest BCUT2D eigenvalue weighted by Gasteiger charge is 2.15. The quantitative estimate of drug-likeness (QED) is 0.757. The molecule has 0 unspecified atom stereocenters. The predicted octanol–water partition coefficient (Wildman–Crippen LogP) is 1.36. The van der Waals surface area contributed by atoms with Crippen LogP contribution in [0.4, 0.5) is 0 Å². The number of nitrogens with one attached hydrogen (secondary N) is 2. The van der Waals surface area contributed by atoms with Gasteiger partial charge < -0.3 is 24.8 Å². The highest BCUT2D eigenvalue weighted by atomic mass is 35.5. The fraction of sp³-hybridized carbons (Fsp3) is 0.500. The van der Waals surface area contributed by atoms with Gasteiger partial charge >= 0.3 is 0 Å². The lowest BCUT2D eigenvalue weighted by Crippen LogP contribution is -2.26. The molecule has 6 nitrogen and oxygen atoms in total. The zero-order valence-electron chi connectivity index (χ0n) is 12.8. The molecule has 1 aromatic rings. The summed E-state index contributed by atoms with van der Waals surface area (Å²) in [6.45, 7) is 1.03. The molecular formula is C14H23ClN2O4. The minimum absolute atomic E-state index is 0. The van der Waals surface area contributed by atoms with Crippen molar-refractivity contribution in [3.63, 3.8) is 0 Å². The second kappa shape index (κ2) is 10.1. The lowest BCUT2D eigenvalue weighted by Gasteiger charge is -2.16. The third kappa shape index (κ3) is 5.32. The van der Waals surface area contributed by atoms with Crippen molar-refractivity contribution in [3.05, 3.63) is 17.7 Å². The van der Waals surface area contributed by atoms with Gasteiger partial charge in [-0.15, -0.1) is 12.4 Å². The van der Waals surface area contributed by atoms with E-state index in [1.807, 2.05) is 13.1 Å². The van der Waals surface area contributed by atoms with Crippen LogP contribution in [0.3, 0.4) is 0 Å². The first kappa shape index (κ1) is 19.3. The van der Waals surface area contributed by atoms with Gasteiger partial charge in [0.15, 0.2) is 11.5 Å². The molecule has 1 aromatic carbocycles. The summed E-state index contributed by atoms with van der Waals surface area (Å²) < 4.78 is 15.9. The maximum absolute atomic E-state index is 11.6. The van der Waals surface area contributed by atoms with Gasteiger partial charge in [0.1, 0.15) is 0 Å². The molecule has 21 heavy (non-hydrogen) atoms. The van der Waals surface area contributed by atoms with Crippen LogP contribution in [0.1, 0.15) is 12.0 Å². The van der Waals surface area contributed by atoms with Crippen molar-refractivity contribution in [1.29, 1.82) is 0 Å². The molecule has 0 saturated heterocycles. The average Bonchev–Trinajstić information content (AvgIpc) is 2.49. The highest BCUT2D eigenvalue weighted by Crippen LogP contribution is 2.39. The predicted molar refractivity (Wildman–Crippen MR) is 83.7 cm³/mol. The number of ether oxygens (including phenoxy) is 3. The number of carbonyl (C=O) groups is 1. The van der Waals surface area contributed by atoms with Crippen molar-refractivity contribution in [2.45, 2.75) is 13.0 Å². The number of methoxy groups -OCH3 is 3. The summed E-state index contributed by atoms with van der Waals surface area (Å²) in [5, 5.41) is 5.77. The maximum Gasteiger partial charge on any atom is 0.221 e.